The van der Waals surface area contributed by atoms with E-state index in [1.54, 1.807) is 20.8 Å². The van der Waals surface area contributed by atoms with Crippen molar-refractivity contribution in [2.45, 2.75) is 77.7 Å². The number of hydrogen-bond acceptors (Lipinski definition) is 5. The summed E-state index contributed by atoms with van der Waals surface area (Å²) >= 11 is 0. The Bertz CT molecular complexity index is 780. The lowest BCUT2D eigenvalue weighted by molar-refractivity contribution is -0.130. The number of anilines is 1. The van der Waals surface area contributed by atoms with Crippen LogP contribution in [0.5, 0.6) is 0 Å². The molecule has 8 nitrogen and oxygen atoms in total. The number of rotatable bonds is 5. The molecule has 0 aromatic heterocycles. The second kappa shape index (κ2) is 9.47. The first kappa shape index (κ1) is 23.7. The largest absolute Gasteiger partial charge is 0.444 e. The summed E-state index contributed by atoms with van der Waals surface area (Å²) in [5, 5.41) is 8.15. The van der Waals surface area contributed by atoms with Crippen molar-refractivity contribution < 1.29 is 23.9 Å². The van der Waals surface area contributed by atoms with Crippen molar-refractivity contribution in [1.29, 1.82) is 0 Å². The maximum atomic E-state index is 12.9. The van der Waals surface area contributed by atoms with Gasteiger partial charge in [-0.3, -0.25) is 9.59 Å². The minimum Gasteiger partial charge on any atom is -0.444 e. The molecule has 0 saturated carbocycles. The fourth-order valence-corrected chi connectivity index (χ4v) is 2.89. The highest BCUT2D eigenvalue weighted by Gasteiger charge is 2.31. The van der Waals surface area contributed by atoms with Crippen LogP contribution in [-0.4, -0.2) is 47.8 Å². The topological polar surface area (TPSA) is 106 Å². The highest BCUT2D eigenvalue weighted by Crippen LogP contribution is 2.21. The van der Waals surface area contributed by atoms with Crippen molar-refractivity contribution in [3.8, 4) is 0 Å². The van der Waals surface area contributed by atoms with Crippen LogP contribution in [0.2, 0.25) is 0 Å². The molecule has 166 valence electrons. The number of para-hydroxylation sites is 1. The molecule has 1 aromatic rings. The maximum absolute atomic E-state index is 12.9. The van der Waals surface area contributed by atoms with Crippen molar-refractivity contribution >= 4 is 23.6 Å². The zero-order valence-electron chi connectivity index (χ0n) is 18.6. The lowest BCUT2D eigenvalue weighted by Gasteiger charge is -2.27. The van der Waals surface area contributed by atoms with E-state index in [2.05, 4.69) is 16.0 Å². The fraction of sp³-hybridized carbons (Fsp3) is 0.591. The maximum Gasteiger partial charge on any atom is 0.408 e. The second-order valence-electron chi connectivity index (χ2n) is 9.37. The smallest absolute Gasteiger partial charge is 0.408 e. The number of benzene rings is 1. The van der Waals surface area contributed by atoms with E-state index in [-0.39, 0.29) is 12.5 Å². The molecular formula is C22H33N3O5. The zero-order valence-corrected chi connectivity index (χ0v) is 18.6. The number of fused-ring (bicyclic) bond motifs is 1. The molecule has 1 aromatic carbocycles. The van der Waals surface area contributed by atoms with Crippen LogP contribution in [0.15, 0.2) is 24.3 Å². The molecule has 0 spiro atoms. The molecule has 2 atom stereocenters. The Morgan fingerprint density at radius 1 is 1.13 bits per heavy atom. The number of amides is 3. The van der Waals surface area contributed by atoms with Crippen LogP contribution in [0.1, 0.15) is 53.5 Å². The first-order valence-electron chi connectivity index (χ1n) is 10.2. The Hall–Kier alpha value is -2.61. The van der Waals surface area contributed by atoms with E-state index >= 15 is 0 Å². The summed E-state index contributed by atoms with van der Waals surface area (Å²) in [4.78, 5) is 37.7. The van der Waals surface area contributed by atoms with E-state index in [0.717, 1.165) is 11.3 Å². The molecule has 1 aliphatic rings. The van der Waals surface area contributed by atoms with Crippen molar-refractivity contribution in [2.24, 2.45) is 0 Å². The predicted molar refractivity (Wildman–Crippen MR) is 114 cm³/mol. The van der Waals surface area contributed by atoms with Crippen molar-refractivity contribution in [3.05, 3.63) is 29.8 Å². The number of carbonyl (C=O) groups is 3. The van der Waals surface area contributed by atoms with Gasteiger partial charge in [0.05, 0.1) is 12.2 Å². The van der Waals surface area contributed by atoms with E-state index in [0.29, 0.717) is 12.8 Å². The highest BCUT2D eigenvalue weighted by atomic mass is 16.6. The van der Waals surface area contributed by atoms with Crippen LogP contribution in [0.3, 0.4) is 0 Å². The molecule has 3 amide bonds. The van der Waals surface area contributed by atoms with E-state index in [4.69, 9.17) is 9.47 Å². The van der Waals surface area contributed by atoms with Gasteiger partial charge in [-0.05, 0) is 66.0 Å². The van der Waals surface area contributed by atoms with Crippen LogP contribution in [0.25, 0.3) is 0 Å². The zero-order chi connectivity index (χ0) is 22.5. The molecular weight excluding hydrogens is 386 g/mol. The molecule has 0 saturated heterocycles. The van der Waals surface area contributed by atoms with Gasteiger partial charge in [-0.15, -0.1) is 0 Å². The van der Waals surface area contributed by atoms with Gasteiger partial charge in [0.1, 0.15) is 17.7 Å². The third-order valence-corrected chi connectivity index (χ3v) is 4.30. The standard InChI is InChI=1S/C22H33N3O5/c1-21(2,3)29-13-17(25-20(28)30-22(4,5)6)19(27)24-16-12-11-14-9-7-8-10-15(14)23-18(16)26/h7-10,16-17H,11-13H2,1-6H3,(H,23,26)(H,24,27)(H,25,28)/t16-,17-/m1/s1. The minimum absolute atomic E-state index is 0.0524. The fourth-order valence-electron chi connectivity index (χ4n) is 2.89. The number of ether oxygens (including phenoxy) is 2. The van der Waals surface area contributed by atoms with E-state index in [9.17, 15) is 14.4 Å². The Balaban J connectivity index is 2.07. The van der Waals surface area contributed by atoms with E-state index in [1.165, 1.54) is 0 Å². The van der Waals surface area contributed by atoms with Crippen LogP contribution >= 0.6 is 0 Å². The second-order valence-corrected chi connectivity index (χ2v) is 9.37. The monoisotopic (exact) mass is 419 g/mol. The van der Waals surface area contributed by atoms with Gasteiger partial charge < -0.3 is 25.4 Å². The van der Waals surface area contributed by atoms with Crippen molar-refractivity contribution in [1.82, 2.24) is 10.6 Å². The average molecular weight is 420 g/mol. The van der Waals surface area contributed by atoms with Gasteiger partial charge >= 0.3 is 6.09 Å². The number of nitrogens with one attached hydrogen (secondary N) is 3. The van der Waals surface area contributed by atoms with Crippen molar-refractivity contribution in [2.75, 3.05) is 11.9 Å². The lowest BCUT2D eigenvalue weighted by Crippen LogP contribution is -2.55. The summed E-state index contributed by atoms with van der Waals surface area (Å²) in [5.74, 6) is -0.794. The van der Waals surface area contributed by atoms with Gasteiger partial charge in [0, 0.05) is 5.69 Å². The summed E-state index contributed by atoms with van der Waals surface area (Å²) in [6.07, 6.45) is 0.369. The quantitative estimate of drug-likeness (QED) is 0.681. The van der Waals surface area contributed by atoms with Crippen LogP contribution in [0.4, 0.5) is 10.5 Å². The molecule has 1 aliphatic heterocycles. The number of hydrogen-bond donors (Lipinski definition) is 3. The molecule has 1 heterocycles. The van der Waals surface area contributed by atoms with Crippen LogP contribution in [0, 0.1) is 0 Å². The van der Waals surface area contributed by atoms with Gasteiger partial charge in [0.15, 0.2) is 0 Å². The summed E-state index contributed by atoms with van der Waals surface area (Å²) in [5.41, 5.74) is 0.555. The van der Waals surface area contributed by atoms with Crippen LogP contribution < -0.4 is 16.0 Å². The number of carbonyl (C=O) groups excluding carboxylic acids is 3. The van der Waals surface area contributed by atoms with Gasteiger partial charge in [-0.25, -0.2) is 4.79 Å². The summed E-state index contributed by atoms with van der Waals surface area (Å²) < 4.78 is 11.0. The van der Waals surface area contributed by atoms with Crippen LogP contribution in [-0.2, 0) is 25.5 Å². The number of alkyl carbamates (subject to hydrolysis) is 1. The van der Waals surface area contributed by atoms with Gasteiger partial charge in [-0.1, -0.05) is 18.2 Å². The third-order valence-electron chi connectivity index (χ3n) is 4.30. The molecule has 8 heteroatoms. The molecule has 0 unspecified atom stereocenters. The Labute approximate surface area is 178 Å². The number of aryl methyl sites for hydroxylation is 1. The molecule has 0 fully saturated rings. The molecule has 2 rings (SSSR count). The molecule has 0 aliphatic carbocycles. The lowest BCUT2D eigenvalue weighted by atomic mass is 10.1. The first-order chi connectivity index (χ1) is 13.8. The normalized spacial score (nSPS) is 17.8. The summed E-state index contributed by atoms with van der Waals surface area (Å²) in [7, 11) is 0. The highest BCUT2D eigenvalue weighted by molar-refractivity contribution is 5.99. The van der Waals surface area contributed by atoms with Crippen molar-refractivity contribution in [3.63, 3.8) is 0 Å². The van der Waals surface area contributed by atoms with Gasteiger partial charge in [0.25, 0.3) is 0 Å². The molecule has 0 radical (unpaired) electrons. The minimum atomic E-state index is -1.00. The SMILES string of the molecule is CC(C)(C)OC[C@@H](NC(=O)OC(C)(C)C)C(=O)N[C@@H]1CCc2ccccc2NC1=O. The molecule has 0 bridgehead atoms. The molecule has 3 N–H and O–H groups in total. The average Bonchev–Trinajstić information content (AvgIpc) is 2.75. The Morgan fingerprint density at radius 2 is 1.80 bits per heavy atom. The Morgan fingerprint density at radius 3 is 2.43 bits per heavy atom. The first-order valence-corrected chi connectivity index (χ1v) is 10.2. The van der Waals surface area contributed by atoms with Gasteiger partial charge in [-0.2, -0.15) is 0 Å². The summed E-state index contributed by atoms with van der Waals surface area (Å²) in [6.45, 7) is 10.7. The predicted octanol–water partition coefficient (Wildman–Crippen LogP) is 2.76. The van der Waals surface area contributed by atoms with E-state index < -0.39 is 35.3 Å². The Kier molecular flexibility index (Phi) is 7.47. The third kappa shape index (κ3) is 7.67. The molecule has 30 heavy (non-hydrogen) atoms. The summed E-state index contributed by atoms with van der Waals surface area (Å²) in [6, 6.07) is 5.82. The van der Waals surface area contributed by atoms with E-state index in [1.807, 2.05) is 45.0 Å². The van der Waals surface area contributed by atoms with Gasteiger partial charge in [0.2, 0.25) is 11.8 Å².